The number of aliphatic hydroxyl groups excluding tert-OH is 1. The van der Waals surface area contributed by atoms with Gasteiger partial charge in [-0.2, -0.15) is 0 Å². The molecule has 9 heteroatoms. The van der Waals surface area contributed by atoms with E-state index in [1.807, 2.05) is 21.1 Å². The minimum atomic E-state index is -4.57. The first-order chi connectivity index (χ1) is 31.5. The van der Waals surface area contributed by atoms with Crippen LogP contribution in [0.15, 0.2) is 24.3 Å². The van der Waals surface area contributed by atoms with E-state index in [1.54, 1.807) is 0 Å². The van der Waals surface area contributed by atoms with Gasteiger partial charge in [0, 0.05) is 6.42 Å². The first-order valence-corrected chi connectivity index (χ1v) is 29.6. The van der Waals surface area contributed by atoms with Gasteiger partial charge in [-0.15, -0.1) is 0 Å². The fourth-order valence-corrected chi connectivity index (χ4v) is 9.21. The van der Waals surface area contributed by atoms with Crippen molar-refractivity contribution in [2.75, 3.05) is 40.9 Å². The smallest absolute Gasteiger partial charge is 0.268 e. The van der Waals surface area contributed by atoms with E-state index in [1.165, 1.54) is 205 Å². The molecule has 65 heavy (non-hydrogen) atoms. The SMILES string of the molecule is CCCCCCCCCCC/C=C\C/C=C\CCCCCCCCCCCCCC(=O)NC(COP(=O)([O-])OCC[N+](C)(C)C)C(O)CCCCCCCCCCCCCCCCCC. The number of phosphoric ester groups is 1. The second-order valence-electron chi connectivity index (χ2n) is 20.6. The number of allylic oxidation sites excluding steroid dienone is 4. The van der Waals surface area contributed by atoms with Crippen LogP contribution in [0.5, 0.6) is 0 Å². The molecule has 0 aromatic carbocycles. The minimum absolute atomic E-state index is 0.0130. The lowest BCUT2D eigenvalue weighted by Crippen LogP contribution is -2.46. The van der Waals surface area contributed by atoms with Gasteiger partial charge in [0.25, 0.3) is 7.82 Å². The molecule has 0 spiro atoms. The number of aliphatic hydroxyl groups is 1. The van der Waals surface area contributed by atoms with Gasteiger partial charge >= 0.3 is 0 Å². The Morgan fingerprint density at radius 1 is 0.538 bits per heavy atom. The summed E-state index contributed by atoms with van der Waals surface area (Å²) < 4.78 is 23.4. The maximum absolute atomic E-state index is 13.0. The lowest BCUT2D eigenvalue weighted by Gasteiger charge is -2.30. The summed E-state index contributed by atoms with van der Waals surface area (Å²) in [6.07, 6.45) is 59.2. The van der Waals surface area contributed by atoms with Crippen molar-refractivity contribution in [1.82, 2.24) is 5.32 Å². The van der Waals surface area contributed by atoms with Crippen LogP contribution < -0.4 is 10.2 Å². The molecule has 1 amide bonds. The Balaban J connectivity index is 4.13. The Labute approximate surface area is 404 Å². The topological polar surface area (TPSA) is 108 Å². The average molecular weight is 939 g/mol. The Kier molecular flexibility index (Phi) is 47.3. The number of carbonyl (C=O) groups excluding carboxylic acids is 1. The largest absolute Gasteiger partial charge is 0.756 e. The lowest BCUT2D eigenvalue weighted by atomic mass is 10.0. The first-order valence-electron chi connectivity index (χ1n) is 28.2. The molecule has 0 saturated carbocycles. The first kappa shape index (κ1) is 64.0. The van der Waals surface area contributed by atoms with Crippen molar-refractivity contribution in [3.8, 4) is 0 Å². The standard InChI is InChI=1S/C56H111N2O6P/c1-6-8-10-12-14-16-18-20-22-24-25-26-27-28-29-30-31-32-33-34-36-38-40-42-44-46-48-50-56(60)57-54(53-64-65(61,62)63-52-51-58(3,4)5)55(59)49-47-45-43-41-39-37-35-23-21-19-17-15-13-11-9-7-2/h25-26,28-29,54-55,59H,6-24,27,30-53H2,1-5H3,(H-,57,60,61,62)/b26-25-,29-28-. The summed E-state index contributed by atoms with van der Waals surface area (Å²) in [7, 11) is 1.31. The Morgan fingerprint density at radius 3 is 1.28 bits per heavy atom. The van der Waals surface area contributed by atoms with E-state index in [0.29, 0.717) is 23.9 Å². The molecule has 0 fully saturated rings. The van der Waals surface area contributed by atoms with Gasteiger partial charge in [0.2, 0.25) is 5.91 Å². The fraction of sp³-hybridized carbons (Fsp3) is 0.911. The molecule has 0 aliphatic heterocycles. The van der Waals surface area contributed by atoms with Gasteiger partial charge in [-0.25, -0.2) is 0 Å². The number of hydrogen-bond donors (Lipinski definition) is 2. The van der Waals surface area contributed by atoms with E-state index in [-0.39, 0.29) is 19.1 Å². The molecule has 3 unspecified atom stereocenters. The zero-order valence-electron chi connectivity index (χ0n) is 44.0. The zero-order valence-corrected chi connectivity index (χ0v) is 44.9. The normalized spacial score (nSPS) is 14.1. The molecule has 0 aliphatic carbocycles. The molecule has 0 aliphatic rings. The van der Waals surface area contributed by atoms with E-state index in [9.17, 15) is 19.4 Å². The van der Waals surface area contributed by atoms with Crippen molar-refractivity contribution in [2.45, 2.75) is 289 Å². The van der Waals surface area contributed by atoms with Crippen LogP contribution >= 0.6 is 7.82 Å². The van der Waals surface area contributed by atoms with E-state index in [4.69, 9.17) is 9.05 Å². The molecular weight excluding hydrogens is 828 g/mol. The van der Waals surface area contributed by atoms with Gasteiger partial charge in [-0.3, -0.25) is 9.36 Å². The quantitative estimate of drug-likeness (QED) is 0.0272. The fourth-order valence-electron chi connectivity index (χ4n) is 8.48. The van der Waals surface area contributed by atoms with Crippen LogP contribution in [0.4, 0.5) is 0 Å². The number of quaternary nitrogens is 1. The van der Waals surface area contributed by atoms with Gasteiger partial charge in [-0.1, -0.05) is 250 Å². The van der Waals surface area contributed by atoms with Crippen molar-refractivity contribution >= 4 is 13.7 Å². The molecule has 2 N–H and O–H groups in total. The maximum Gasteiger partial charge on any atom is 0.268 e. The molecule has 3 atom stereocenters. The van der Waals surface area contributed by atoms with Gasteiger partial charge < -0.3 is 28.8 Å². The minimum Gasteiger partial charge on any atom is -0.756 e. The predicted octanol–water partition coefficient (Wildman–Crippen LogP) is 16.2. The molecule has 0 saturated heterocycles. The van der Waals surface area contributed by atoms with Crippen LogP contribution in [0.3, 0.4) is 0 Å². The van der Waals surface area contributed by atoms with Crippen LogP contribution in [0.25, 0.3) is 0 Å². The van der Waals surface area contributed by atoms with Gasteiger partial charge in [0.05, 0.1) is 39.9 Å². The van der Waals surface area contributed by atoms with E-state index in [0.717, 1.165) is 44.9 Å². The van der Waals surface area contributed by atoms with Crippen molar-refractivity contribution in [1.29, 1.82) is 0 Å². The summed E-state index contributed by atoms with van der Waals surface area (Å²) in [6.45, 7) is 4.75. The third kappa shape index (κ3) is 50.7. The zero-order chi connectivity index (χ0) is 47.8. The highest BCUT2D eigenvalue weighted by Gasteiger charge is 2.24. The van der Waals surface area contributed by atoms with Crippen molar-refractivity contribution in [3.63, 3.8) is 0 Å². The molecule has 0 heterocycles. The van der Waals surface area contributed by atoms with Crippen molar-refractivity contribution in [2.24, 2.45) is 0 Å². The Morgan fingerprint density at radius 2 is 0.892 bits per heavy atom. The van der Waals surface area contributed by atoms with Gasteiger partial charge in [-0.05, 0) is 44.9 Å². The lowest BCUT2D eigenvalue weighted by molar-refractivity contribution is -0.870. The van der Waals surface area contributed by atoms with Crippen LogP contribution in [0.2, 0.25) is 0 Å². The van der Waals surface area contributed by atoms with Crippen LogP contribution in [0, 0.1) is 0 Å². The summed E-state index contributed by atoms with van der Waals surface area (Å²) >= 11 is 0. The van der Waals surface area contributed by atoms with Gasteiger partial charge in [0.1, 0.15) is 13.2 Å². The van der Waals surface area contributed by atoms with Crippen LogP contribution in [0.1, 0.15) is 277 Å². The molecule has 0 aromatic rings. The molecule has 386 valence electrons. The van der Waals surface area contributed by atoms with Crippen molar-refractivity contribution < 1.29 is 32.9 Å². The Bertz CT molecular complexity index is 1110. The number of nitrogens with zero attached hydrogens (tertiary/aromatic N) is 1. The third-order valence-corrected chi connectivity index (χ3v) is 13.9. The van der Waals surface area contributed by atoms with Crippen LogP contribution in [-0.4, -0.2) is 68.5 Å². The number of nitrogens with one attached hydrogen (secondary N) is 1. The molecule has 8 nitrogen and oxygen atoms in total. The molecule has 0 radical (unpaired) electrons. The molecule has 0 rings (SSSR count). The number of phosphoric acid groups is 1. The van der Waals surface area contributed by atoms with E-state index >= 15 is 0 Å². The number of hydrogen-bond acceptors (Lipinski definition) is 6. The molecular formula is C56H111N2O6P. The number of likely N-dealkylation sites (N-methyl/N-ethyl adjacent to an activating group) is 1. The summed E-state index contributed by atoms with van der Waals surface area (Å²) in [5.41, 5.74) is 0. The highest BCUT2D eigenvalue weighted by atomic mass is 31.2. The Hall–Kier alpha value is -1.02. The maximum atomic E-state index is 13.0. The second-order valence-corrected chi connectivity index (χ2v) is 22.1. The van der Waals surface area contributed by atoms with E-state index in [2.05, 4.69) is 43.5 Å². The molecule has 0 bridgehead atoms. The summed E-state index contributed by atoms with van der Waals surface area (Å²) in [4.78, 5) is 25.5. The highest BCUT2D eigenvalue weighted by Crippen LogP contribution is 2.38. The monoisotopic (exact) mass is 939 g/mol. The van der Waals surface area contributed by atoms with Crippen LogP contribution in [-0.2, 0) is 18.4 Å². The van der Waals surface area contributed by atoms with Gasteiger partial charge in [0.15, 0.2) is 0 Å². The predicted molar refractivity (Wildman–Crippen MR) is 279 cm³/mol. The number of unbranched alkanes of at least 4 members (excludes halogenated alkanes) is 35. The number of carbonyl (C=O) groups is 1. The summed E-state index contributed by atoms with van der Waals surface area (Å²) in [5.74, 6) is -0.164. The number of rotatable bonds is 52. The van der Waals surface area contributed by atoms with Crippen molar-refractivity contribution in [3.05, 3.63) is 24.3 Å². The van der Waals surface area contributed by atoms with E-state index < -0.39 is 20.0 Å². The second kappa shape index (κ2) is 48.0. The highest BCUT2D eigenvalue weighted by molar-refractivity contribution is 7.45. The number of amides is 1. The average Bonchev–Trinajstić information content (AvgIpc) is 3.26. The summed E-state index contributed by atoms with van der Waals surface area (Å²) in [5, 5.41) is 14.0. The summed E-state index contributed by atoms with van der Waals surface area (Å²) in [6, 6.07) is -0.800. The third-order valence-electron chi connectivity index (χ3n) is 12.9. The molecule has 0 aromatic heterocycles.